The summed E-state index contributed by atoms with van der Waals surface area (Å²) in [4.78, 5) is 16.3. The lowest BCUT2D eigenvalue weighted by Gasteiger charge is -2.40. The van der Waals surface area contributed by atoms with E-state index in [4.69, 9.17) is 4.74 Å². The Labute approximate surface area is 86.7 Å². The van der Waals surface area contributed by atoms with Crippen molar-refractivity contribution >= 4 is 12.0 Å². The lowest BCUT2D eigenvalue weighted by molar-refractivity contribution is 0.0785. The Morgan fingerprint density at radius 3 is 2.93 bits per heavy atom. The molecular weight excluding hydrogens is 199 g/mol. The second-order valence-corrected chi connectivity index (χ2v) is 3.43. The molecule has 1 aromatic rings. The van der Waals surface area contributed by atoms with Gasteiger partial charge in [-0.15, -0.1) is 0 Å². The monoisotopic (exact) mass is 210 g/mol. The fraction of sp³-hybridized carbons (Fsp3) is 0.400. The summed E-state index contributed by atoms with van der Waals surface area (Å²) in [5.41, 5.74) is 0.609. The maximum Gasteiger partial charge on any atom is 0.155 e. The number of ether oxygens (including phenoxy) is 1. The highest BCUT2D eigenvalue weighted by Crippen LogP contribution is 2.25. The van der Waals surface area contributed by atoms with Crippen molar-refractivity contribution in [2.75, 3.05) is 25.1 Å². The van der Waals surface area contributed by atoms with E-state index in [0.717, 1.165) is 6.20 Å². The molecule has 5 heteroatoms. The zero-order valence-electron chi connectivity index (χ0n) is 8.31. The topological polar surface area (TPSA) is 42.4 Å². The van der Waals surface area contributed by atoms with Gasteiger partial charge in [0, 0.05) is 20.2 Å². The van der Waals surface area contributed by atoms with E-state index >= 15 is 0 Å². The van der Waals surface area contributed by atoms with Crippen LogP contribution in [0.2, 0.25) is 0 Å². The molecule has 0 aliphatic carbocycles. The molecule has 2 heterocycles. The lowest BCUT2D eigenvalue weighted by Crippen LogP contribution is -2.52. The van der Waals surface area contributed by atoms with Gasteiger partial charge in [0.05, 0.1) is 29.7 Å². The van der Waals surface area contributed by atoms with E-state index in [1.807, 2.05) is 4.90 Å². The first kappa shape index (κ1) is 10.0. The SMILES string of the molecule is COC1CN(c2cncc(F)c2C=O)C1. The van der Waals surface area contributed by atoms with E-state index in [2.05, 4.69) is 4.98 Å². The van der Waals surface area contributed by atoms with Gasteiger partial charge in [0.25, 0.3) is 0 Å². The molecule has 0 bridgehead atoms. The average Bonchev–Trinajstić information content (AvgIpc) is 2.16. The molecule has 4 nitrogen and oxygen atoms in total. The normalized spacial score (nSPS) is 16.3. The standard InChI is InChI=1S/C10H11FN2O2/c1-15-7-4-13(5-7)10-3-12-2-9(11)8(10)6-14/h2-3,6-7H,4-5H2,1H3. The summed E-state index contributed by atoms with van der Waals surface area (Å²) in [6, 6.07) is 0. The van der Waals surface area contributed by atoms with Gasteiger partial charge in [-0.3, -0.25) is 9.78 Å². The summed E-state index contributed by atoms with van der Waals surface area (Å²) in [5.74, 6) is -0.580. The van der Waals surface area contributed by atoms with Gasteiger partial charge in [-0.2, -0.15) is 0 Å². The third-order valence-corrected chi connectivity index (χ3v) is 2.56. The number of methoxy groups -OCH3 is 1. The summed E-state index contributed by atoms with van der Waals surface area (Å²) in [6.45, 7) is 1.34. The number of pyridine rings is 1. The molecule has 15 heavy (non-hydrogen) atoms. The lowest BCUT2D eigenvalue weighted by atomic mass is 10.1. The highest BCUT2D eigenvalue weighted by atomic mass is 19.1. The van der Waals surface area contributed by atoms with Crippen LogP contribution in [0.25, 0.3) is 0 Å². The van der Waals surface area contributed by atoms with Gasteiger partial charge in [0.15, 0.2) is 12.1 Å². The van der Waals surface area contributed by atoms with Crippen molar-refractivity contribution in [1.29, 1.82) is 0 Å². The van der Waals surface area contributed by atoms with E-state index in [1.165, 1.54) is 6.20 Å². The summed E-state index contributed by atoms with van der Waals surface area (Å²) in [6.07, 6.45) is 3.22. The Morgan fingerprint density at radius 2 is 2.33 bits per heavy atom. The number of carbonyl (C=O) groups excluding carboxylic acids is 1. The molecule has 0 N–H and O–H groups in total. The van der Waals surface area contributed by atoms with Gasteiger partial charge < -0.3 is 9.64 Å². The van der Waals surface area contributed by atoms with E-state index in [-0.39, 0.29) is 11.7 Å². The van der Waals surface area contributed by atoms with Crippen LogP contribution < -0.4 is 4.90 Å². The van der Waals surface area contributed by atoms with Crippen molar-refractivity contribution in [2.24, 2.45) is 0 Å². The molecular formula is C10H11FN2O2. The van der Waals surface area contributed by atoms with Gasteiger partial charge in [-0.05, 0) is 0 Å². The third-order valence-electron chi connectivity index (χ3n) is 2.56. The number of nitrogens with zero attached hydrogens (tertiary/aromatic N) is 2. The number of aldehydes is 1. The maximum atomic E-state index is 13.2. The molecule has 0 spiro atoms. The molecule has 0 unspecified atom stereocenters. The van der Waals surface area contributed by atoms with Crippen LogP contribution >= 0.6 is 0 Å². The van der Waals surface area contributed by atoms with Gasteiger partial charge in [-0.25, -0.2) is 4.39 Å². The molecule has 0 amide bonds. The Hall–Kier alpha value is -1.49. The molecule has 1 aliphatic heterocycles. The Bertz CT molecular complexity index is 378. The number of hydrogen-bond acceptors (Lipinski definition) is 4. The fourth-order valence-electron chi connectivity index (χ4n) is 1.59. The van der Waals surface area contributed by atoms with E-state index < -0.39 is 5.82 Å². The Kier molecular flexibility index (Phi) is 2.64. The highest BCUT2D eigenvalue weighted by Gasteiger charge is 2.29. The predicted molar refractivity (Wildman–Crippen MR) is 52.6 cm³/mol. The summed E-state index contributed by atoms with van der Waals surface area (Å²) in [5, 5.41) is 0. The van der Waals surface area contributed by atoms with Crippen LogP contribution in [0.3, 0.4) is 0 Å². The number of carbonyl (C=O) groups is 1. The maximum absolute atomic E-state index is 13.2. The molecule has 1 aromatic heterocycles. The summed E-state index contributed by atoms with van der Waals surface area (Å²) < 4.78 is 18.3. The van der Waals surface area contributed by atoms with Crippen LogP contribution in [0.4, 0.5) is 10.1 Å². The molecule has 1 aliphatic rings. The van der Waals surface area contributed by atoms with Crippen molar-refractivity contribution in [2.45, 2.75) is 6.10 Å². The van der Waals surface area contributed by atoms with Crippen LogP contribution in [0.15, 0.2) is 12.4 Å². The molecule has 2 rings (SSSR count). The number of aromatic nitrogens is 1. The smallest absolute Gasteiger partial charge is 0.155 e. The largest absolute Gasteiger partial charge is 0.378 e. The molecule has 1 saturated heterocycles. The van der Waals surface area contributed by atoms with Crippen LogP contribution in [0.1, 0.15) is 10.4 Å². The molecule has 80 valence electrons. The molecule has 0 radical (unpaired) electrons. The second-order valence-electron chi connectivity index (χ2n) is 3.43. The van der Waals surface area contributed by atoms with Crippen molar-refractivity contribution in [1.82, 2.24) is 4.98 Å². The minimum absolute atomic E-state index is 0.0690. The van der Waals surface area contributed by atoms with Gasteiger partial charge in [0.1, 0.15) is 0 Å². The number of rotatable bonds is 3. The average molecular weight is 210 g/mol. The van der Waals surface area contributed by atoms with Crippen molar-refractivity contribution in [3.63, 3.8) is 0 Å². The van der Waals surface area contributed by atoms with Crippen LogP contribution in [-0.2, 0) is 4.74 Å². The fourth-order valence-corrected chi connectivity index (χ4v) is 1.59. The molecule has 0 aromatic carbocycles. The minimum atomic E-state index is -0.580. The van der Waals surface area contributed by atoms with Crippen molar-refractivity contribution in [3.8, 4) is 0 Å². The highest BCUT2D eigenvalue weighted by molar-refractivity contribution is 5.84. The zero-order chi connectivity index (χ0) is 10.8. The minimum Gasteiger partial charge on any atom is -0.378 e. The zero-order valence-corrected chi connectivity index (χ0v) is 8.31. The quantitative estimate of drug-likeness (QED) is 0.694. The second kappa shape index (κ2) is 3.94. The first-order chi connectivity index (χ1) is 7.26. The summed E-state index contributed by atoms with van der Waals surface area (Å²) >= 11 is 0. The molecule has 0 saturated carbocycles. The number of hydrogen-bond donors (Lipinski definition) is 0. The van der Waals surface area contributed by atoms with Gasteiger partial charge in [0.2, 0.25) is 0 Å². The molecule has 1 fully saturated rings. The van der Waals surface area contributed by atoms with Gasteiger partial charge >= 0.3 is 0 Å². The van der Waals surface area contributed by atoms with Crippen LogP contribution in [0, 0.1) is 5.82 Å². The number of anilines is 1. The first-order valence-corrected chi connectivity index (χ1v) is 4.62. The predicted octanol–water partition coefficient (Wildman–Crippen LogP) is 0.868. The van der Waals surface area contributed by atoms with E-state index in [0.29, 0.717) is 25.1 Å². The third kappa shape index (κ3) is 1.70. The molecule has 0 atom stereocenters. The number of halogens is 1. The Balaban J connectivity index is 2.22. The van der Waals surface area contributed by atoms with E-state index in [1.54, 1.807) is 7.11 Å². The van der Waals surface area contributed by atoms with E-state index in [9.17, 15) is 9.18 Å². The van der Waals surface area contributed by atoms with Crippen molar-refractivity contribution in [3.05, 3.63) is 23.8 Å². The summed E-state index contributed by atoms with van der Waals surface area (Å²) in [7, 11) is 1.63. The van der Waals surface area contributed by atoms with Crippen LogP contribution in [0.5, 0.6) is 0 Å². The van der Waals surface area contributed by atoms with Crippen LogP contribution in [-0.4, -0.2) is 37.6 Å². The first-order valence-electron chi connectivity index (χ1n) is 4.62. The Morgan fingerprint density at radius 1 is 1.60 bits per heavy atom. The van der Waals surface area contributed by atoms with Gasteiger partial charge in [-0.1, -0.05) is 0 Å². The van der Waals surface area contributed by atoms with Crippen molar-refractivity contribution < 1.29 is 13.9 Å².